The van der Waals surface area contributed by atoms with Crippen molar-refractivity contribution in [3.63, 3.8) is 0 Å². The molecule has 2 N–H and O–H groups in total. The molecule has 2 rings (SSSR count). The highest BCUT2D eigenvalue weighted by molar-refractivity contribution is 5.85. The lowest BCUT2D eigenvalue weighted by atomic mass is 10.1. The summed E-state index contributed by atoms with van der Waals surface area (Å²) >= 11 is 0. The number of rotatable bonds is 4. The maximum Gasteiger partial charge on any atom is 0.234 e. The summed E-state index contributed by atoms with van der Waals surface area (Å²) in [6, 6.07) is 10.5. The Hall–Kier alpha value is -1.10. The molecule has 0 spiro atoms. The van der Waals surface area contributed by atoms with Gasteiger partial charge in [0.25, 0.3) is 0 Å². The second kappa shape index (κ2) is 8.25. The molecule has 0 aromatic heterocycles. The van der Waals surface area contributed by atoms with Crippen LogP contribution in [0.3, 0.4) is 0 Å². The van der Waals surface area contributed by atoms with E-state index in [0.29, 0.717) is 12.6 Å². The van der Waals surface area contributed by atoms with Crippen molar-refractivity contribution in [3.8, 4) is 0 Å². The van der Waals surface area contributed by atoms with Gasteiger partial charge in [0.05, 0.1) is 12.6 Å². The zero-order valence-corrected chi connectivity index (χ0v) is 13.0. The molecule has 20 heavy (non-hydrogen) atoms. The first-order chi connectivity index (χ1) is 9.16. The summed E-state index contributed by atoms with van der Waals surface area (Å²) in [4.78, 5) is 14.3. The first kappa shape index (κ1) is 17.0. The Morgan fingerprint density at radius 3 is 2.80 bits per heavy atom. The van der Waals surface area contributed by atoms with E-state index >= 15 is 0 Å². The molecule has 1 saturated heterocycles. The second-order valence-electron chi connectivity index (χ2n) is 5.22. The lowest BCUT2D eigenvalue weighted by molar-refractivity contribution is -0.123. The highest BCUT2D eigenvalue weighted by atomic mass is 35.5. The molecule has 1 aliphatic heterocycles. The van der Waals surface area contributed by atoms with Crippen LogP contribution in [0.5, 0.6) is 0 Å². The van der Waals surface area contributed by atoms with Crippen LogP contribution in [-0.4, -0.2) is 43.0 Å². The maximum absolute atomic E-state index is 12.1. The lowest BCUT2D eigenvalue weighted by Gasteiger charge is -2.33. The Kier molecular flexibility index (Phi) is 6.99. The molecule has 1 aliphatic rings. The van der Waals surface area contributed by atoms with Gasteiger partial charge < -0.3 is 10.6 Å². The Balaban J connectivity index is 0.00000200. The van der Waals surface area contributed by atoms with Crippen LogP contribution < -0.4 is 10.6 Å². The fraction of sp³-hybridized carbons (Fsp3) is 0.533. The first-order valence-electron chi connectivity index (χ1n) is 6.96. The van der Waals surface area contributed by atoms with Crippen LogP contribution in [0, 0.1) is 0 Å². The van der Waals surface area contributed by atoms with Gasteiger partial charge in [0.1, 0.15) is 0 Å². The molecule has 1 aromatic rings. The minimum atomic E-state index is 0. The van der Waals surface area contributed by atoms with Crippen LogP contribution >= 0.6 is 12.4 Å². The van der Waals surface area contributed by atoms with Gasteiger partial charge in [-0.2, -0.15) is 0 Å². The second-order valence-corrected chi connectivity index (χ2v) is 5.22. The molecule has 4 nitrogen and oxygen atoms in total. The smallest absolute Gasteiger partial charge is 0.234 e. The third kappa shape index (κ3) is 4.78. The van der Waals surface area contributed by atoms with Gasteiger partial charge in [0.15, 0.2) is 0 Å². The van der Waals surface area contributed by atoms with E-state index in [4.69, 9.17) is 0 Å². The fourth-order valence-corrected chi connectivity index (χ4v) is 2.41. The number of halogens is 1. The summed E-state index contributed by atoms with van der Waals surface area (Å²) in [5, 5.41) is 6.39. The van der Waals surface area contributed by atoms with Crippen molar-refractivity contribution in [1.82, 2.24) is 15.5 Å². The van der Waals surface area contributed by atoms with Crippen LogP contribution in [0.2, 0.25) is 0 Å². The van der Waals surface area contributed by atoms with Gasteiger partial charge in [-0.1, -0.05) is 30.3 Å². The molecule has 0 aliphatic carbocycles. The fourth-order valence-electron chi connectivity index (χ4n) is 2.41. The Labute approximate surface area is 127 Å². The van der Waals surface area contributed by atoms with E-state index in [1.807, 2.05) is 37.3 Å². The van der Waals surface area contributed by atoms with E-state index in [0.717, 1.165) is 25.2 Å². The average molecular weight is 298 g/mol. The highest BCUT2D eigenvalue weighted by Crippen LogP contribution is 2.11. The first-order valence-corrected chi connectivity index (χ1v) is 6.96. The number of hydrogen-bond donors (Lipinski definition) is 2. The monoisotopic (exact) mass is 297 g/mol. The van der Waals surface area contributed by atoms with E-state index in [1.165, 1.54) is 0 Å². The predicted octanol–water partition coefficient (Wildman–Crippen LogP) is 1.58. The maximum atomic E-state index is 12.1. The van der Waals surface area contributed by atoms with Crippen molar-refractivity contribution in [3.05, 3.63) is 35.9 Å². The molecule has 0 bridgehead atoms. The van der Waals surface area contributed by atoms with Crippen LogP contribution in [0.25, 0.3) is 0 Å². The van der Waals surface area contributed by atoms with Gasteiger partial charge in [-0.15, -0.1) is 12.4 Å². The van der Waals surface area contributed by atoms with Crippen LogP contribution in [-0.2, 0) is 4.79 Å². The van der Waals surface area contributed by atoms with Gasteiger partial charge in [0.2, 0.25) is 5.91 Å². The number of piperazine rings is 1. The zero-order valence-electron chi connectivity index (χ0n) is 12.1. The zero-order chi connectivity index (χ0) is 13.7. The number of hydrogen-bond acceptors (Lipinski definition) is 3. The topological polar surface area (TPSA) is 44.4 Å². The van der Waals surface area contributed by atoms with Gasteiger partial charge >= 0.3 is 0 Å². The molecule has 2 atom stereocenters. The summed E-state index contributed by atoms with van der Waals surface area (Å²) in [6.45, 7) is 7.52. The number of carbonyl (C=O) groups is 1. The number of carbonyl (C=O) groups excluding carboxylic acids is 1. The SMILES string of the molecule is CC(NC(=O)CN1CCNC[C@@H]1C)c1ccccc1.Cl. The Bertz CT molecular complexity index is 413. The standard InChI is InChI=1S/C15H23N3O.ClH/c1-12-10-16-8-9-18(12)11-15(19)17-13(2)14-6-4-3-5-7-14;/h3-7,12-13,16H,8-11H2,1-2H3,(H,17,19);1H/t12-,13?;/m0./s1. The van der Waals surface area contributed by atoms with Crippen molar-refractivity contribution in [2.75, 3.05) is 26.2 Å². The van der Waals surface area contributed by atoms with E-state index < -0.39 is 0 Å². The van der Waals surface area contributed by atoms with Crippen molar-refractivity contribution < 1.29 is 4.79 Å². The van der Waals surface area contributed by atoms with E-state index in [1.54, 1.807) is 0 Å². The number of nitrogens with one attached hydrogen (secondary N) is 2. The molecule has 0 radical (unpaired) electrons. The predicted molar refractivity (Wildman–Crippen MR) is 84.2 cm³/mol. The average Bonchev–Trinajstić information content (AvgIpc) is 2.42. The van der Waals surface area contributed by atoms with Crippen molar-refractivity contribution in [1.29, 1.82) is 0 Å². The van der Waals surface area contributed by atoms with E-state index in [2.05, 4.69) is 22.5 Å². The van der Waals surface area contributed by atoms with Crippen LogP contribution in [0.1, 0.15) is 25.5 Å². The normalized spacial score (nSPS) is 20.8. The highest BCUT2D eigenvalue weighted by Gasteiger charge is 2.20. The van der Waals surface area contributed by atoms with Gasteiger partial charge in [0, 0.05) is 25.7 Å². The molecule has 1 aromatic carbocycles. The number of nitrogens with zero attached hydrogens (tertiary/aromatic N) is 1. The number of amides is 1. The Morgan fingerprint density at radius 1 is 1.45 bits per heavy atom. The summed E-state index contributed by atoms with van der Waals surface area (Å²) < 4.78 is 0. The molecule has 112 valence electrons. The lowest BCUT2D eigenvalue weighted by Crippen LogP contribution is -2.52. The molecule has 5 heteroatoms. The van der Waals surface area contributed by atoms with Gasteiger partial charge in [-0.25, -0.2) is 0 Å². The van der Waals surface area contributed by atoms with Gasteiger partial charge in [-0.3, -0.25) is 9.69 Å². The largest absolute Gasteiger partial charge is 0.348 e. The van der Waals surface area contributed by atoms with Crippen LogP contribution in [0.15, 0.2) is 30.3 Å². The molecule has 1 amide bonds. The molecular formula is C15H24ClN3O. The number of benzene rings is 1. The van der Waals surface area contributed by atoms with Crippen molar-refractivity contribution >= 4 is 18.3 Å². The van der Waals surface area contributed by atoms with E-state index in [-0.39, 0.29) is 24.4 Å². The minimum Gasteiger partial charge on any atom is -0.348 e. The van der Waals surface area contributed by atoms with E-state index in [9.17, 15) is 4.79 Å². The molecule has 1 fully saturated rings. The van der Waals surface area contributed by atoms with Crippen molar-refractivity contribution in [2.24, 2.45) is 0 Å². The molecule has 1 heterocycles. The Morgan fingerprint density at radius 2 is 2.15 bits per heavy atom. The summed E-state index contributed by atoms with van der Waals surface area (Å²) in [5.41, 5.74) is 1.14. The molecule has 1 unspecified atom stereocenters. The minimum absolute atomic E-state index is 0. The third-order valence-electron chi connectivity index (χ3n) is 3.66. The summed E-state index contributed by atoms with van der Waals surface area (Å²) in [5.74, 6) is 0.102. The van der Waals surface area contributed by atoms with Crippen LogP contribution in [0.4, 0.5) is 0 Å². The quantitative estimate of drug-likeness (QED) is 0.887. The van der Waals surface area contributed by atoms with Crippen molar-refractivity contribution in [2.45, 2.75) is 25.9 Å². The third-order valence-corrected chi connectivity index (χ3v) is 3.66. The molecular weight excluding hydrogens is 274 g/mol. The summed E-state index contributed by atoms with van der Waals surface area (Å²) in [6.07, 6.45) is 0. The van der Waals surface area contributed by atoms with Gasteiger partial charge in [-0.05, 0) is 19.4 Å². The molecule has 0 saturated carbocycles. The summed E-state index contributed by atoms with van der Waals surface area (Å²) in [7, 11) is 0.